The van der Waals surface area contributed by atoms with Gasteiger partial charge in [-0.3, -0.25) is 4.79 Å². The van der Waals surface area contributed by atoms with Crippen LogP contribution in [0.25, 0.3) is 10.2 Å². The van der Waals surface area contributed by atoms with Crippen LogP contribution in [0, 0.1) is 6.92 Å². The Morgan fingerprint density at radius 2 is 1.79 bits per heavy atom. The van der Waals surface area contributed by atoms with Gasteiger partial charge in [0, 0.05) is 13.2 Å². The number of nitrogens with zero attached hydrogens (tertiary/aromatic N) is 2. The summed E-state index contributed by atoms with van der Waals surface area (Å²) in [4.78, 5) is 18.1. The molecular weight excluding hydrogens is 376 g/mol. The predicted molar refractivity (Wildman–Crippen MR) is 110 cm³/mol. The van der Waals surface area contributed by atoms with Crippen LogP contribution in [-0.4, -0.2) is 37.9 Å². The number of thiazole rings is 1. The Kier molecular flexibility index (Phi) is 6.49. The molecule has 3 aromatic rings. The van der Waals surface area contributed by atoms with Gasteiger partial charge in [-0.05, 0) is 37.6 Å². The molecule has 1 aromatic heterocycles. The fraction of sp³-hybridized carbons (Fsp3) is 0.333. The van der Waals surface area contributed by atoms with Crippen LogP contribution < -0.4 is 14.3 Å². The number of carbonyl (C=O) groups excluding carboxylic acids is 1. The highest BCUT2D eigenvalue weighted by Gasteiger charge is 2.18. The molecule has 0 unspecified atom stereocenters. The summed E-state index contributed by atoms with van der Waals surface area (Å²) in [5.74, 6) is 0.473. The Balaban J connectivity index is 2.15. The number of benzene rings is 2. The first-order valence-corrected chi connectivity index (χ1v) is 9.89. The van der Waals surface area contributed by atoms with E-state index in [1.165, 1.54) is 25.6 Å². The van der Waals surface area contributed by atoms with Crippen LogP contribution in [0.4, 0.5) is 0 Å². The van der Waals surface area contributed by atoms with Gasteiger partial charge < -0.3 is 18.8 Å². The van der Waals surface area contributed by atoms with Crippen molar-refractivity contribution >= 4 is 27.5 Å². The topological polar surface area (TPSA) is 62.1 Å². The molecule has 0 N–H and O–H groups in total. The van der Waals surface area contributed by atoms with Crippen LogP contribution in [0.3, 0.4) is 0 Å². The second-order valence-corrected chi connectivity index (χ2v) is 7.12. The molecule has 0 saturated heterocycles. The number of para-hydroxylation sites is 1. The first-order chi connectivity index (χ1) is 13.6. The van der Waals surface area contributed by atoms with Crippen molar-refractivity contribution < 1.29 is 19.0 Å². The molecule has 0 saturated carbocycles. The first-order valence-electron chi connectivity index (χ1n) is 9.07. The van der Waals surface area contributed by atoms with Gasteiger partial charge in [-0.1, -0.05) is 29.5 Å². The van der Waals surface area contributed by atoms with E-state index in [4.69, 9.17) is 14.2 Å². The van der Waals surface area contributed by atoms with Gasteiger partial charge >= 0.3 is 0 Å². The zero-order valence-corrected chi connectivity index (χ0v) is 17.3. The highest BCUT2D eigenvalue weighted by molar-refractivity contribution is 7.16. The molecule has 28 heavy (non-hydrogen) atoms. The molecule has 0 radical (unpaired) electrons. The fourth-order valence-corrected chi connectivity index (χ4v) is 4.24. The monoisotopic (exact) mass is 400 g/mol. The van der Waals surface area contributed by atoms with E-state index in [2.05, 4.69) is 18.0 Å². The molecule has 0 aliphatic rings. The van der Waals surface area contributed by atoms with Crippen molar-refractivity contribution in [3.63, 3.8) is 0 Å². The van der Waals surface area contributed by atoms with E-state index in [1.54, 1.807) is 18.2 Å². The van der Waals surface area contributed by atoms with Gasteiger partial charge in [0.1, 0.15) is 17.1 Å². The maximum atomic E-state index is 13.1. The van der Waals surface area contributed by atoms with E-state index >= 15 is 0 Å². The highest BCUT2D eigenvalue weighted by atomic mass is 32.1. The van der Waals surface area contributed by atoms with Crippen molar-refractivity contribution in [1.82, 2.24) is 4.57 Å². The van der Waals surface area contributed by atoms with Gasteiger partial charge in [0.25, 0.3) is 5.91 Å². The highest BCUT2D eigenvalue weighted by Crippen LogP contribution is 2.29. The summed E-state index contributed by atoms with van der Waals surface area (Å²) in [7, 11) is 3.05. The van der Waals surface area contributed by atoms with Crippen LogP contribution in [0.1, 0.15) is 22.8 Å². The first kappa shape index (κ1) is 20.1. The van der Waals surface area contributed by atoms with E-state index in [0.717, 1.165) is 15.8 Å². The molecule has 2 aromatic carbocycles. The number of carbonyl (C=O) groups is 1. The summed E-state index contributed by atoms with van der Waals surface area (Å²) in [6, 6.07) is 11.3. The number of hydrogen-bond acceptors (Lipinski definition) is 5. The van der Waals surface area contributed by atoms with Crippen LogP contribution in [0.2, 0.25) is 0 Å². The average Bonchev–Trinajstić information content (AvgIpc) is 3.05. The van der Waals surface area contributed by atoms with E-state index in [-0.39, 0.29) is 0 Å². The Bertz CT molecular complexity index is 1030. The molecule has 0 bridgehead atoms. The van der Waals surface area contributed by atoms with Gasteiger partial charge in [0.15, 0.2) is 4.80 Å². The molecule has 6 nitrogen and oxygen atoms in total. The number of aryl methyl sites for hydroxylation is 1. The minimum atomic E-state index is -0.399. The van der Waals surface area contributed by atoms with E-state index < -0.39 is 5.91 Å². The zero-order chi connectivity index (χ0) is 20.1. The normalized spacial score (nSPS) is 11.8. The Hall–Kier alpha value is -2.64. The smallest absolute Gasteiger partial charge is 0.287 e. The van der Waals surface area contributed by atoms with Crippen molar-refractivity contribution in [3.05, 3.63) is 52.3 Å². The lowest BCUT2D eigenvalue weighted by atomic mass is 10.1. The summed E-state index contributed by atoms with van der Waals surface area (Å²) in [5, 5.41) is 0. The van der Waals surface area contributed by atoms with Crippen LogP contribution >= 0.6 is 11.3 Å². The third-order valence-electron chi connectivity index (χ3n) is 4.41. The second kappa shape index (κ2) is 9.03. The molecule has 148 valence electrons. The van der Waals surface area contributed by atoms with E-state index in [0.29, 0.717) is 41.6 Å². The van der Waals surface area contributed by atoms with Crippen molar-refractivity contribution in [2.45, 2.75) is 20.4 Å². The van der Waals surface area contributed by atoms with Gasteiger partial charge in [0.2, 0.25) is 0 Å². The SMILES string of the molecule is CCOCCn1c(=NC(=O)c2c(OC)cccc2OC)sc2cccc(C)c21. The molecule has 0 spiro atoms. The summed E-state index contributed by atoms with van der Waals surface area (Å²) in [6.45, 7) is 5.83. The number of ether oxygens (including phenoxy) is 3. The van der Waals surface area contributed by atoms with Gasteiger partial charge in [0.05, 0.1) is 31.0 Å². The predicted octanol–water partition coefficient (Wildman–Crippen LogP) is 3.81. The van der Waals surface area contributed by atoms with Crippen molar-refractivity contribution in [2.24, 2.45) is 4.99 Å². The Morgan fingerprint density at radius 1 is 1.11 bits per heavy atom. The summed E-state index contributed by atoms with van der Waals surface area (Å²) in [5.41, 5.74) is 2.53. The molecule has 1 amide bonds. The zero-order valence-electron chi connectivity index (χ0n) is 16.5. The lowest BCUT2D eigenvalue weighted by Gasteiger charge is -2.10. The molecule has 0 atom stereocenters. The average molecular weight is 401 g/mol. The maximum absolute atomic E-state index is 13.1. The van der Waals surface area contributed by atoms with Crippen LogP contribution in [-0.2, 0) is 11.3 Å². The van der Waals surface area contributed by atoms with Crippen molar-refractivity contribution in [3.8, 4) is 11.5 Å². The number of fused-ring (bicyclic) bond motifs is 1. The van der Waals surface area contributed by atoms with E-state index in [1.807, 2.05) is 23.6 Å². The molecule has 0 aliphatic carbocycles. The molecule has 7 heteroatoms. The number of hydrogen-bond donors (Lipinski definition) is 0. The summed E-state index contributed by atoms with van der Waals surface area (Å²) < 4.78 is 19.4. The molecule has 0 aliphatic heterocycles. The summed E-state index contributed by atoms with van der Waals surface area (Å²) >= 11 is 1.48. The van der Waals surface area contributed by atoms with Gasteiger partial charge in [-0.25, -0.2) is 0 Å². The largest absolute Gasteiger partial charge is 0.496 e. The number of amides is 1. The van der Waals surface area contributed by atoms with Crippen LogP contribution in [0.15, 0.2) is 41.4 Å². The lowest BCUT2D eigenvalue weighted by molar-refractivity contribution is 0.0990. The quantitative estimate of drug-likeness (QED) is 0.566. The minimum absolute atomic E-state index is 0.318. The number of aromatic nitrogens is 1. The summed E-state index contributed by atoms with van der Waals surface area (Å²) in [6.07, 6.45) is 0. The fourth-order valence-electron chi connectivity index (χ4n) is 3.10. The molecule has 1 heterocycles. The number of methoxy groups -OCH3 is 2. The third kappa shape index (κ3) is 3.95. The molecule has 0 fully saturated rings. The standard InChI is InChI=1S/C21H24N2O4S/c1-5-27-13-12-23-19-14(2)8-6-11-17(19)28-21(23)22-20(24)18-15(25-3)9-7-10-16(18)26-4/h6-11H,5,12-13H2,1-4H3. The molecular formula is C21H24N2O4S. The van der Waals surface area contributed by atoms with E-state index in [9.17, 15) is 4.79 Å². The van der Waals surface area contributed by atoms with Gasteiger partial charge in [-0.15, -0.1) is 0 Å². The third-order valence-corrected chi connectivity index (χ3v) is 5.45. The number of rotatable bonds is 7. The maximum Gasteiger partial charge on any atom is 0.287 e. The van der Waals surface area contributed by atoms with Crippen LogP contribution in [0.5, 0.6) is 11.5 Å². The molecule has 3 rings (SSSR count). The minimum Gasteiger partial charge on any atom is -0.496 e. The Morgan fingerprint density at radius 3 is 2.43 bits per heavy atom. The van der Waals surface area contributed by atoms with Crippen molar-refractivity contribution in [2.75, 3.05) is 27.4 Å². The lowest BCUT2D eigenvalue weighted by Crippen LogP contribution is -2.20. The Labute approximate surface area is 168 Å². The second-order valence-electron chi connectivity index (χ2n) is 6.11. The van der Waals surface area contributed by atoms with Crippen molar-refractivity contribution in [1.29, 1.82) is 0 Å². The van der Waals surface area contributed by atoms with Gasteiger partial charge in [-0.2, -0.15) is 4.99 Å².